The number of fused-ring (bicyclic) bond motifs is 1. The Kier molecular flexibility index (Phi) is 5.10. The number of hydrogen-bond donors (Lipinski definition) is 4. The van der Waals surface area contributed by atoms with E-state index >= 15 is 0 Å². The van der Waals surface area contributed by atoms with Crippen molar-refractivity contribution < 1.29 is 18.0 Å². The number of rotatable bonds is 4. The smallest absolute Gasteiger partial charge is 0.402 e. The largest absolute Gasteiger partial charge is 0.434 e. The van der Waals surface area contributed by atoms with Crippen LogP contribution in [0.15, 0.2) is 47.9 Å². The SMILES string of the molecule is C/C(N)=C(\C)C(=N)C(=O)Nc1cnc2[nH]c(-c3cccnc3C(F)(F)F)cc2c1. The van der Waals surface area contributed by atoms with E-state index in [-0.39, 0.29) is 17.0 Å². The number of anilines is 1. The van der Waals surface area contributed by atoms with Crippen molar-refractivity contribution in [1.29, 1.82) is 5.41 Å². The maximum absolute atomic E-state index is 13.2. The van der Waals surface area contributed by atoms with Crippen molar-refractivity contribution in [3.8, 4) is 11.3 Å². The van der Waals surface area contributed by atoms with Crippen molar-refractivity contribution in [2.24, 2.45) is 5.73 Å². The Labute approximate surface area is 163 Å². The Bertz CT molecular complexity index is 1140. The first-order chi connectivity index (χ1) is 13.6. The van der Waals surface area contributed by atoms with Gasteiger partial charge in [-0.3, -0.25) is 15.2 Å². The number of nitrogens with two attached hydrogens (primary N) is 1. The first-order valence-corrected chi connectivity index (χ1v) is 8.42. The summed E-state index contributed by atoms with van der Waals surface area (Å²) >= 11 is 0. The number of amides is 1. The van der Waals surface area contributed by atoms with Crippen LogP contribution in [0.2, 0.25) is 0 Å². The lowest BCUT2D eigenvalue weighted by Crippen LogP contribution is -2.24. The minimum Gasteiger partial charge on any atom is -0.402 e. The maximum atomic E-state index is 13.2. The molecule has 0 spiro atoms. The molecule has 3 aromatic rings. The number of nitrogens with zero attached hydrogens (tertiary/aromatic N) is 2. The molecule has 0 aliphatic rings. The number of aromatic nitrogens is 3. The Morgan fingerprint density at radius 3 is 2.62 bits per heavy atom. The third-order valence-electron chi connectivity index (χ3n) is 4.29. The molecule has 0 saturated heterocycles. The Hall–Kier alpha value is -3.69. The molecular formula is C19H17F3N6O. The molecule has 3 rings (SSSR count). The summed E-state index contributed by atoms with van der Waals surface area (Å²) in [5, 5.41) is 10.9. The van der Waals surface area contributed by atoms with E-state index < -0.39 is 17.8 Å². The van der Waals surface area contributed by atoms with Crippen LogP contribution in [-0.4, -0.2) is 26.6 Å². The van der Waals surface area contributed by atoms with Gasteiger partial charge in [0, 0.05) is 28.5 Å². The molecule has 0 unspecified atom stereocenters. The minimum absolute atomic E-state index is 0.107. The van der Waals surface area contributed by atoms with Gasteiger partial charge in [0.1, 0.15) is 11.4 Å². The first-order valence-electron chi connectivity index (χ1n) is 8.42. The van der Waals surface area contributed by atoms with E-state index in [1.54, 1.807) is 19.9 Å². The topological polar surface area (TPSA) is 121 Å². The van der Waals surface area contributed by atoms with Crippen LogP contribution in [-0.2, 0) is 11.0 Å². The molecule has 0 aliphatic carbocycles. The zero-order chi connectivity index (χ0) is 21.3. The number of carbonyl (C=O) groups is 1. The molecule has 150 valence electrons. The predicted octanol–water partition coefficient (Wildman–Crippen LogP) is 3.85. The van der Waals surface area contributed by atoms with Gasteiger partial charge < -0.3 is 16.0 Å². The van der Waals surface area contributed by atoms with Crippen LogP contribution in [0.25, 0.3) is 22.3 Å². The van der Waals surface area contributed by atoms with Gasteiger partial charge in [0.05, 0.1) is 11.9 Å². The van der Waals surface area contributed by atoms with E-state index in [1.807, 2.05) is 0 Å². The molecule has 1 amide bonds. The summed E-state index contributed by atoms with van der Waals surface area (Å²) in [6, 6.07) is 5.76. The molecule has 5 N–H and O–H groups in total. The van der Waals surface area contributed by atoms with Crippen LogP contribution >= 0.6 is 0 Å². The highest BCUT2D eigenvalue weighted by Crippen LogP contribution is 2.36. The highest BCUT2D eigenvalue weighted by molar-refractivity contribution is 6.47. The molecule has 7 nitrogen and oxygen atoms in total. The summed E-state index contributed by atoms with van der Waals surface area (Å²) in [5.74, 6) is -0.671. The van der Waals surface area contributed by atoms with Crippen molar-refractivity contribution >= 4 is 28.3 Å². The van der Waals surface area contributed by atoms with Gasteiger partial charge in [-0.1, -0.05) is 0 Å². The first kappa shape index (κ1) is 20.1. The second-order valence-corrected chi connectivity index (χ2v) is 6.38. The van der Waals surface area contributed by atoms with E-state index in [0.717, 1.165) is 6.20 Å². The van der Waals surface area contributed by atoms with Gasteiger partial charge in [0.2, 0.25) is 0 Å². The summed E-state index contributed by atoms with van der Waals surface area (Å²) < 4.78 is 39.7. The lowest BCUT2D eigenvalue weighted by Gasteiger charge is -2.09. The molecule has 3 heterocycles. The fraction of sp³-hybridized carbons (Fsp3) is 0.158. The molecule has 3 aromatic heterocycles. The molecule has 0 atom stereocenters. The van der Waals surface area contributed by atoms with Crippen LogP contribution in [0.5, 0.6) is 0 Å². The normalized spacial score (nSPS) is 12.6. The zero-order valence-corrected chi connectivity index (χ0v) is 15.5. The summed E-state index contributed by atoms with van der Waals surface area (Å²) in [4.78, 5) is 22.6. The number of aromatic amines is 1. The van der Waals surface area contributed by atoms with Crippen molar-refractivity contribution in [1.82, 2.24) is 15.0 Å². The number of H-pyrrole nitrogens is 1. The van der Waals surface area contributed by atoms with Gasteiger partial charge in [-0.05, 0) is 43.7 Å². The summed E-state index contributed by atoms with van der Waals surface area (Å²) in [7, 11) is 0. The predicted molar refractivity (Wildman–Crippen MR) is 103 cm³/mol. The number of pyridine rings is 2. The van der Waals surface area contributed by atoms with Crippen LogP contribution in [0.1, 0.15) is 19.5 Å². The number of alkyl halides is 3. The monoisotopic (exact) mass is 402 g/mol. The van der Waals surface area contributed by atoms with Crippen LogP contribution < -0.4 is 11.1 Å². The quantitative estimate of drug-likeness (QED) is 0.495. The lowest BCUT2D eigenvalue weighted by atomic mass is 10.1. The molecule has 29 heavy (non-hydrogen) atoms. The van der Waals surface area contributed by atoms with Gasteiger partial charge in [-0.25, -0.2) is 4.98 Å². The summed E-state index contributed by atoms with van der Waals surface area (Å²) in [6.07, 6.45) is -2.18. The second kappa shape index (κ2) is 7.38. The van der Waals surface area contributed by atoms with Crippen molar-refractivity contribution in [3.05, 3.63) is 53.6 Å². The van der Waals surface area contributed by atoms with Gasteiger partial charge in [0.25, 0.3) is 5.91 Å². The van der Waals surface area contributed by atoms with Crippen LogP contribution in [0, 0.1) is 5.41 Å². The van der Waals surface area contributed by atoms with E-state index in [9.17, 15) is 18.0 Å². The van der Waals surface area contributed by atoms with Gasteiger partial charge >= 0.3 is 6.18 Å². The van der Waals surface area contributed by atoms with Gasteiger partial charge in [0.15, 0.2) is 5.69 Å². The molecule has 10 heteroatoms. The number of nitrogens with one attached hydrogen (secondary N) is 3. The molecule has 0 aliphatic heterocycles. The van der Waals surface area contributed by atoms with Crippen molar-refractivity contribution in [3.63, 3.8) is 0 Å². The third kappa shape index (κ3) is 4.10. The fourth-order valence-corrected chi connectivity index (χ4v) is 2.64. The van der Waals surface area contributed by atoms with Crippen molar-refractivity contribution in [2.45, 2.75) is 20.0 Å². The third-order valence-corrected chi connectivity index (χ3v) is 4.29. The number of halogens is 3. The molecule has 0 bridgehead atoms. The fourth-order valence-electron chi connectivity index (χ4n) is 2.64. The Balaban J connectivity index is 1.94. The van der Waals surface area contributed by atoms with E-state index in [1.165, 1.54) is 24.4 Å². The van der Waals surface area contributed by atoms with Crippen molar-refractivity contribution in [2.75, 3.05) is 5.32 Å². The Morgan fingerprint density at radius 2 is 1.97 bits per heavy atom. The van der Waals surface area contributed by atoms with E-state index in [2.05, 4.69) is 20.3 Å². The highest BCUT2D eigenvalue weighted by Gasteiger charge is 2.35. The van der Waals surface area contributed by atoms with Crippen LogP contribution in [0.4, 0.5) is 18.9 Å². The average molecular weight is 402 g/mol. The molecular weight excluding hydrogens is 385 g/mol. The van der Waals surface area contributed by atoms with Gasteiger partial charge in [-0.15, -0.1) is 0 Å². The second-order valence-electron chi connectivity index (χ2n) is 6.38. The molecule has 0 aromatic carbocycles. The Morgan fingerprint density at radius 1 is 1.24 bits per heavy atom. The summed E-state index contributed by atoms with van der Waals surface area (Å²) in [6.45, 7) is 3.14. The number of hydrogen-bond acceptors (Lipinski definition) is 5. The van der Waals surface area contributed by atoms with E-state index in [0.29, 0.717) is 28.0 Å². The lowest BCUT2D eigenvalue weighted by molar-refractivity contribution is -0.140. The average Bonchev–Trinajstić information content (AvgIpc) is 3.09. The zero-order valence-electron chi connectivity index (χ0n) is 15.5. The number of carbonyl (C=O) groups excluding carboxylic acids is 1. The molecule has 0 saturated carbocycles. The maximum Gasteiger partial charge on any atom is 0.434 e. The highest BCUT2D eigenvalue weighted by atomic mass is 19.4. The standard InChI is InChI=1S/C19H17F3N6O/c1-9(10(2)23)15(24)18(29)27-12-6-11-7-14(28-17(11)26-8-12)13-4-3-5-25-16(13)19(20,21)22/h3-8,24H,23H2,1-2H3,(H,26,28)(H,27,29)/b10-9-,24-15?. The number of allylic oxidation sites excluding steroid dienone is 1. The summed E-state index contributed by atoms with van der Waals surface area (Å²) in [5.41, 5.74) is 5.73. The molecule has 0 radical (unpaired) electrons. The van der Waals surface area contributed by atoms with E-state index in [4.69, 9.17) is 11.1 Å². The minimum atomic E-state index is -4.60. The van der Waals surface area contributed by atoms with Gasteiger partial charge in [-0.2, -0.15) is 13.2 Å². The molecule has 0 fully saturated rings. The van der Waals surface area contributed by atoms with Crippen LogP contribution in [0.3, 0.4) is 0 Å².